The van der Waals surface area contributed by atoms with E-state index in [0.29, 0.717) is 6.04 Å². The molecule has 2 aromatic heterocycles. The highest BCUT2D eigenvalue weighted by atomic mass is 15.2. The van der Waals surface area contributed by atoms with Gasteiger partial charge in [0.05, 0.1) is 17.8 Å². The van der Waals surface area contributed by atoms with Crippen molar-refractivity contribution in [1.82, 2.24) is 15.0 Å². The predicted octanol–water partition coefficient (Wildman–Crippen LogP) is 4.86. The number of para-hydroxylation sites is 1. The molecule has 0 amide bonds. The van der Waals surface area contributed by atoms with Gasteiger partial charge < -0.3 is 4.90 Å². The highest BCUT2D eigenvalue weighted by Gasteiger charge is 2.31. The van der Waals surface area contributed by atoms with E-state index in [1.54, 1.807) is 0 Å². The van der Waals surface area contributed by atoms with Crippen LogP contribution >= 0.6 is 0 Å². The van der Waals surface area contributed by atoms with Crippen LogP contribution in [0.4, 0.5) is 5.82 Å². The van der Waals surface area contributed by atoms with E-state index in [1.807, 2.05) is 42.6 Å². The predicted molar refractivity (Wildman–Crippen MR) is 108 cm³/mol. The lowest BCUT2D eigenvalue weighted by Crippen LogP contribution is -2.27. The lowest BCUT2D eigenvalue weighted by Gasteiger charge is -2.25. The summed E-state index contributed by atoms with van der Waals surface area (Å²) in [5, 5.41) is 1.10. The summed E-state index contributed by atoms with van der Waals surface area (Å²) in [5.41, 5.74) is 3.08. The molecular formula is C23H20N4. The molecule has 4 nitrogen and oxygen atoms in total. The Labute approximate surface area is 158 Å². The molecule has 1 aliphatic carbocycles. The van der Waals surface area contributed by atoms with Gasteiger partial charge in [-0.05, 0) is 37.1 Å². The summed E-state index contributed by atoms with van der Waals surface area (Å²) in [6, 6.07) is 25.1. The molecule has 4 aromatic rings. The second-order valence-corrected chi connectivity index (χ2v) is 6.93. The van der Waals surface area contributed by atoms with Crippen LogP contribution in [0.3, 0.4) is 0 Å². The van der Waals surface area contributed by atoms with Gasteiger partial charge in [-0.3, -0.25) is 4.98 Å². The molecule has 1 saturated carbocycles. The van der Waals surface area contributed by atoms with Gasteiger partial charge in [0, 0.05) is 23.2 Å². The summed E-state index contributed by atoms with van der Waals surface area (Å²) in [6.45, 7) is 0.765. The molecule has 2 heterocycles. The normalized spacial score (nSPS) is 13.6. The highest BCUT2D eigenvalue weighted by Crippen LogP contribution is 2.36. The van der Waals surface area contributed by atoms with Crippen LogP contribution in [0.2, 0.25) is 0 Å². The van der Waals surface area contributed by atoms with E-state index in [9.17, 15) is 0 Å². The number of hydrogen-bond donors (Lipinski definition) is 0. The lowest BCUT2D eigenvalue weighted by atomic mass is 10.1. The summed E-state index contributed by atoms with van der Waals surface area (Å²) < 4.78 is 0. The molecule has 0 N–H and O–H groups in total. The van der Waals surface area contributed by atoms with Gasteiger partial charge in [0.25, 0.3) is 0 Å². The van der Waals surface area contributed by atoms with Crippen molar-refractivity contribution >= 4 is 16.7 Å². The molecule has 4 heteroatoms. The van der Waals surface area contributed by atoms with E-state index in [-0.39, 0.29) is 0 Å². The maximum Gasteiger partial charge on any atom is 0.162 e. The van der Waals surface area contributed by atoms with Gasteiger partial charge in [0.15, 0.2) is 5.82 Å². The first kappa shape index (κ1) is 15.9. The lowest BCUT2D eigenvalue weighted by molar-refractivity contribution is 0.765. The summed E-state index contributed by atoms with van der Waals surface area (Å²) in [5.74, 6) is 1.78. The van der Waals surface area contributed by atoms with Crippen molar-refractivity contribution in [2.24, 2.45) is 0 Å². The van der Waals surface area contributed by atoms with Crippen LogP contribution in [0.25, 0.3) is 22.3 Å². The SMILES string of the molecule is c1ccc(-c2nc(N(Cc3ccccn3)C3CC3)c3ccccc3n2)cc1. The van der Waals surface area contributed by atoms with E-state index >= 15 is 0 Å². The highest BCUT2D eigenvalue weighted by molar-refractivity contribution is 5.91. The molecule has 0 bridgehead atoms. The maximum atomic E-state index is 5.02. The van der Waals surface area contributed by atoms with Gasteiger partial charge in [-0.25, -0.2) is 9.97 Å². The summed E-state index contributed by atoms with van der Waals surface area (Å²) in [4.78, 5) is 16.8. The average molecular weight is 352 g/mol. The molecule has 0 atom stereocenters. The number of pyridine rings is 1. The van der Waals surface area contributed by atoms with Crippen LogP contribution in [-0.2, 0) is 6.54 Å². The second-order valence-electron chi connectivity index (χ2n) is 6.93. The Morgan fingerprint density at radius 3 is 2.37 bits per heavy atom. The summed E-state index contributed by atoms with van der Waals surface area (Å²) in [7, 11) is 0. The monoisotopic (exact) mass is 352 g/mol. The molecule has 0 spiro atoms. The minimum atomic E-state index is 0.522. The van der Waals surface area contributed by atoms with E-state index in [0.717, 1.165) is 40.3 Å². The van der Waals surface area contributed by atoms with Crippen LogP contribution in [0.5, 0.6) is 0 Å². The molecule has 0 unspecified atom stereocenters. The van der Waals surface area contributed by atoms with Gasteiger partial charge in [-0.15, -0.1) is 0 Å². The van der Waals surface area contributed by atoms with Crippen molar-refractivity contribution in [2.75, 3.05) is 4.90 Å². The third-order valence-corrected chi connectivity index (χ3v) is 4.93. The molecule has 0 aliphatic heterocycles. The Morgan fingerprint density at radius 2 is 1.59 bits per heavy atom. The number of rotatable bonds is 5. The van der Waals surface area contributed by atoms with Crippen LogP contribution in [0.1, 0.15) is 18.5 Å². The largest absolute Gasteiger partial charge is 0.347 e. The first-order chi connectivity index (χ1) is 13.4. The third kappa shape index (κ3) is 3.26. The Hall–Kier alpha value is -3.27. The molecule has 132 valence electrons. The maximum absolute atomic E-state index is 5.02. The van der Waals surface area contributed by atoms with E-state index in [2.05, 4.69) is 46.3 Å². The Balaban J connectivity index is 1.65. The fourth-order valence-electron chi connectivity index (χ4n) is 3.42. The Morgan fingerprint density at radius 1 is 0.815 bits per heavy atom. The zero-order valence-electron chi connectivity index (χ0n) is 15.0. The molecule has 1 fully saturated rings. The Bertz CT molecular complexity index is 1060. The molecule has 2 aromatic carbocycles. The van der Waals surface area contributed by atoms with Crippen molar-refractivity contribution in [3.05, 3.63) is 84.7 Å². The van der Waals surface area contributed by atoms with Gasteiger partial charge in [-0.2, -0.15) is 0 Å². The first-order valence-electron chi connectivity index (χ1n) is 9.37. The topological polar surface area (TPSA) is 41.9 Å². The third-order valence-electron chi connectivity index (χ3n) is 4.93. The van der Waals surface area contributed by atoms with Crippen LogP contribution in [-0.4, -0.2) is 21.0 Å². The van der Waals surface area contributed by atoms with Gasteiger partial charge in [-0.1, -0.05) is 48.5 Å². The van der Waals surface area contributed by atoms with Crippen LogP contribution in [0.15, 0.2) is 79.0 Å². The molecule has 27 heavy (non-hydrogen) atoms. The van der Waals surface area contributed by atoms with E-state index in [4.69, 9.17) is 9.97 Å². The Kier molecular flexibility index (Phi) is 4.02. The molecular weight excluding hydrogens is 332 g/mol. The van der Waals surface area contributed by atoms with E-state index < -0.39 is 0 Å². The second kappa shape index (κ2) is 6.80. The van der Waals surface area contributed by atoms with Crippen molar-refractivity contribution in [1.29, 1.82) is 0 Å². The fourth-order valence-corrected chi connectivity index (χ4v) is 3.42. The number of fused-ring (bicyclic) bond motifs is 1. The molecule has 0 saturated heterocycles. The standard InChI is InChI=1S/C23H20N4/c1-2-8-17(9-3-1)22-25-21-12-5-4-11-20(21)23(26-22)27(19-13-14-19)16-18-10-6-7-15-24-18/h1-12,15,19H,13-14,16H2. The molecule has 0 radical (unpaired) electrons. The van der Waals surface area contributed by atoms with Gasteiger partial charge in [0.1, 0.15) is 5.82 Å². The average Bonchev–Trinajstić information content (AvgIpc) is 3.58. The summed E-state index contributed by atoms with van der Waals surface area (Å²) >= 11 is 0. The van der Waals surface area contributed by atoms with Crippen molar-refractivity contribution in [3.8, 4) is 11.4 Å². The van der Waals surface area contributed by atoms with Crippen molar-refractivity contribution in [2.45, 2.75) is 25.4 Å². The van der Waals surface area contributed by atoms with Crippen molar-refractivity contribution in [3.63, 3.8) is 0 Å². The van der Waals surface area contributed by atoms with Crippen LogP contribution < -0.4 is 4.90 Å². The zero-order chi connectivity index (χ0) is 18.1. The van der Waals surface area contributed by atoms with Gasteiger partial charge >= 0.3 is 0 Å². The number of anilines is 1. The summed E-state index contributed by atoms with van der Waals surface area (Å²) in [6.07, 6.45) is 4.26. The number of nitrogens with zero attached hydrogens (tertiary/aromatic N) is 4. The van der Waals surface area contributed by atoms with E-state index in [1.165, 1.54) is 12.8 Å². The van der Waals surface area contributed by atoms with Crippen molar-refractivity contribution < 1.29 is 0 Å². The number of benzene rings is 2. The van der Waals surface area contributed by atoms with Crippen LogP contribution in [0, 0.1) is 0 Å². The van der Waals surface area contributed by atoms with Gasteiger partial charge in [0.2, 0.25) is 0 Å². The molecule has 5 rings (SSSR count). The minimum absolute atomic E-state index is 0.522. The minimum Gasteiger partial charge on any atom is -0.347 e. The first-order valence-corrected chi connectivity index (χ1v) is 9.37. The fraction of sp³-hybridized carbons (Fsp3) is 0.174. The number of hydrogen-bond acceptors (Lipinski definition) is 4. The number of aromatic nitrogens is 3. The zero-order valence-corrected chi connectivity index (χ0v) is 15.0. The quantitative estimate of drug-likeness (QED) is 0.514. The smallest absolute Gasteiger partial charge is 0.162 e. The molecule has 1 aliphatic rings.